The molecule has 0 fully saturated rings. The number of hydrogen-bond acceptors (Lipinski definition) is 6. The van der Waals surface area contributed by atoms with Crippen molar-refractivity contribution in [3.05, 3.63) is 47.9 Å². The summed E-state index contributed by atoms with van der Waals surface area (Å²) in [6.07, 6.45) is -1.71. The molecule has 0 saturated carbocycles. The van der Waals surface area contributed by atoms with E-state index in [4.69, 9.17) is 9.47 Å². The first-order chi connectivity index (χ1) is 12.2. The fourth-order valence-electron chi connectivity index (χ4n) is 2.24. The zero-order valence-corrected chi connectivity index (χ0v) is 14.3. The average molecular weight is 373 g/mol. The summed E-state index contributed by atoms with van der Waals surface area (Å²) in [5, 5.41) is 14.9. The van der Waals surface area contributed by atoms with Gasteiger partial charge in [-0.2, -0.15) is 18.3 Å². The molecular formula is C16H11F3LiN3O4. The van der Waals surface area contributed by atoms with Crippen LogP contribution >= 0.6 is 0 Å². The fourth-order valence-corrected chi connectivity index (χ4v) is 2.24. The summed E-state index contributed by atoms with van der Waals surface area (Å²) in [7, 11) is 0. The molecule has 0 atom stereocenters. The predicted molar refractivity (Wildman–Crippen MR) is 80.1 cm³/mol. The molecule has 136 valence electrons. The first-order valence-electron chi connectivity index (χ1n) is 7.27. The summed E-state index contributed by atoms with van der Waals surface area (Å²) in [6.45, 7) is 0.0701. The van der Waals surface area contributed by atoms with E-state index in [1.807, 2.05) is 0 Å². The number of aromatic carboxylic acids is 1. The van der Waals surface area contributed by atoms with Crippen molar-refractivity contribution in [3.8, 4) is 17.4 Å². The molecule has 0 amide bonds. The second-order valence-electron chi connectivity index (χ2n) is 5.27. The van der Waals surface area contributed by atoms with Gasteiger partial charge in [0, 0.05) is 24.0 Å². The first kappa shape index (κ1) is 20.6. The van der Waals surface area contributed by atoms with Gasteiger partial charge in [0.25, 0.3) is 5.88 Å². The van der Waals surface area contributed by atoms with Crippen molar-refractivity contribution in [1.29, 1.82) is 0 Å². The van der Waals surface area contributed by atoms with E-state index < -0.39 is 18.8 Å². The van der Waals surface area contributed by atoms with Gasteiger partial charge in [0.2, 0.25) is 0 Å². The normalized spacial score (nSPS) is 11.1. The molecule has 7 nitrogen and oxygen atoms in total. The molecule has 0 aliphatic rings. The van der Waals surface area contributed by atoms with Gasteiger partial charge < -0.3 is 19.4 Å². The van der Waals surface area contributed by atoms with Crippen LogP contribution < -0.4 is 33.4 Å². The van der Waals surface area contributed by atoms with Gasteiger partial charge in [-0.15, -0.1) is 0 Å². The van der Waals surface area contributed by atoms with Crippen molar-refractivity contribution in [2.75, 3.05) is 6.61 Å². The Morgan fingerprint density at radius 3 is 2.74 bits per heavy atom. The molecule has 3 aromatic heterocycles. The molecular weight excluding hydrogens is 362 g/mol. The van der Waals surface area contributed by atoms with Crippen LogP contribution in [0.25, 0.3) is 5.52 Å². The molecule has 0 aromatic carbocycles. The number of halogens is 3. The van der Waals surface area contributed by atoms with Gasteiger partial charge in [-0.25, -0.2) is 9.50 Å². The summed E-state index contributed by atoms with van der Waals surface area (Å²) in [5.41, 5.74) is 0.592. The number of aromatic nitrogens is 3. The molecule has 0 aliphatic carbocycles. The quantitative estimate of drug-likeness (QED) is 0.541. The number of nitrogens with zero attached hydrogens (tertiary/aromatic N) is 3. The number of carboxylic acid groups (broad SMARTS) is 1. The number of rotatable bonds is 5. The van der Waals surface area contributed by atoms with Crippen molar-refractivity contribution < 1.29 is 51.4 Å². The van der Waals surface area contributed by atoms with Crippen LogP contribution in [0.4, 0.5) is 13.2 Å². The van der Waals surface area contributed by atoms with E-state index in [2.05, 4.69) is 10.1 Å². The topological polar surface area (TPSA) is 88.8 Å². The Balaban J connectivity index is 0.00000261. The number of fused-ring (bicyclic) bond motifs is 1. The third-order valence-electron chi connectivity index (χ3n) is 3.39. The van der Waals surface area contributed by atoms with Crippen LogP contribution in [0, 0.1) is 6.92 Å². The van der Waals surface area contributed by atoms with Crippen LogP contribution in [0.3, 0.4) is 0 Å². The maximum absolute atomic E-state index is 12.3. The van der Waals surface area contributed by atoms with Crippen molar-refractivity contribution >= 4 is 11.5 Å². The maximum Gasteiger partial charge on any atom is 1.00 e. The van der Waals surface area contributed by atoms with Crippen LogP contribution in [0.15, 0.2) is 36.7 Å². The Kier molecular flexibility index (Phi) is 6.03. The van der Waals surface area contributed by atoms with Crippen molar-refractivity contribution in [1.82, 2.24) is 14.6 Å². The Hall–Kier alpha value is -2.70. The van der Waals surface area contributed by atoms with Gasteiger partial charge in [0.05, 0.1) is 11.5 Å². The van der Waals surface area contributed by atoms with E-state index in [0.717, 1.165) is 0 Å². The molecule has 0 unspecified atom stereocenters. The summed E-state index contributed by atoms with van der Waals surface area (Å²) >= 11 is 0. The van der Waals surface area contributed by atoms with E-state index in [1.165, 1.54) is 41.2 Å². The summed E-state index contributed by atoms with van der Waals surface area (Å²) < 4.78 is 48.5. The second-order valence-corrected chi connectivity index (χ2v) is 5.27. The molecule has 0 spiro atoms. The maximum atomic E-state index is 12.3. The number of carboxylic acids is 1. The number of carbonyl (C=O) groups is 1. The largest absolute Gasteiger partial charge is 1.00 e. The fraction of sp³-hybridized carbons (Fsp3) is 0.188. The Morgan fingerprint density at radius 1 is 1.33 bits per heavy atom. The van der Waals surface area contributed by atoms with Gasteiger partial charge in [0.15, 0.2) is 12.4 Å². The van der Waals surface area contributed by atoms with Crippen molar-refractivity contribution in [2.24, 2.45) is 0 Å². The molecule has 27 heavy (non-hydrogen) atoms. The minimum absolute atomic E-state index is 0. The molecule has 0 saturated heterocycles. The summed E-state index contributed by atoms with van der Waals surface area (Å²) in [4.78, 5) is 14.9. The molecule has 11 heteroatoms. The van der Waals surface area contributed by atoms with Gasteiger partial charge in [-0.1, -0.05) is 0 Å². The molecule has 3 aromatic rings. The number of hydrogen-bond donors (Lipinski definition) is 0. The van der Waals surface area contributed by atoms with Crippen LogP contribution in [0.1, 0.15) is 16.1 Å². The van der Waals surface area contributed by atoms with Gasteiger partial charge in [-0.3, -0.25) is 0 Å². The van der Waals surface area contributed by atoms with Crippen molar-refractivity contribution in [3.63, 3.8) is 0 Å². The third kappa shape index (κ3) is 4.72. The number of ether oxygens (including phenoxy) is 2. The summed E-state index contributed by atoms with van der Waals surface area (Å²) in [5.74, 6) is -1.52. The smallest absolute Gasteiger partial charge is 0.543 e. The van der Waals surface area contributed by atoms with E-state index in [9.17, 15) is 23.1 Å². The number of pyridine rings is 2. The van der Waals surface area contributed by atoms with Gasteiger partial charge in [-0.05, 0) is 25.1 Å². The Morgan fingerprint density at radius 2 is 2.07 bits per heavy atom. The van der Waals surface area contributed by atoms with Crippen molar-refractivity contribution in [2.45, 2.75) is 13.1 Å². The van der Waals surface area contributed by atoms with Crippen LogP contribution in [0.2, 0.25) is 0 Å². The molecule has 3 rings (SSSR count). The second kappa shape index (κ2) is 7.90. The zero-order chi connectivity index (χ0) is 18.9. The van der Waals surface area contributed by atoms with Crippen LogP contribution in [0.5, 0.6) is 17.4 Å². The Labute approximate surface area is 162 Å². The zero-order valence-electron chi connectivity index (χ0n) is 14.3. The molecule has 0 N–H and O–H groups in total. The molecule has 0 aliphatic heterocycles. The minimum Gasteiger partial charge on any atom is -0.543 e. The SMILES string of the molecule is Cc1c(C(=O)[O-])nn2ccc(Oc3ncccc3OCC(F)(F)F)cc12.[Li+]. The Bertz CT molecular complexity index is 975. The third-order valence-corrected chi connectivity index (χ3v) is 3.39. The monoisotopic (exact) mass is 373 g/mol. The predicted octanol–water partition coefficient (Wildman–Crippen LogP) is -0.861. The van der Waals surface area contributed by atoms with Crippen LogP contribution in [-0.4, -0.2) is 33.4 Å². The van der Waals surface area contributed by atoms with E-state index in [-0.39, 0.29) is 41.9 Å². The summed E-state index contributed by atoms with van der Waals surface area (Å²) in [6, 6.07) is 5.65. The van der Waals surface area contributed by atoms with E-state index >= 15 is 0 Å². The van der Waals surface area contributed by atoms with E-state index in [1.54, 1.807) is 6.92 Å². The average Bonchev–Trinajstić information content (AvgIpc) is 2.90. The van der Waals surface area contributed by atoms with Crippen LogP contribution in [-0.2, 0) is 0 Å². The molecule has 0 bridgehead atoms. The molecule has 3 heterocycles. The minimum atomic E-state index is -4.50. The van der Waals surface area contributed by atoms with Gasteiger partial charge >= 0.3 is 25.0 Å². The van der Waals surface area contributed by atoms with Gasteiger partial charge in [0.1, 0.15) is 11.4 Å². The number of alkyl halides is 3. The number of aryl methyl sites for hydroxylation is 1. The first-order valence-corrected chi connectivity index (χ1v) is 7.27. The number of carbonyl (C=O) groups excluding carboxylic acids is 1. The standard InChI is InChI=1S/C16H12F3N3O4.Li/c1-9-11-7-10(4-6-22(11)21-13(9)15(23)24)26-14-12(3-2-5-20-14)25-8-16(17,18)19;/h2-7H,8H2,1H3,(H,23,24);/q;+1/p-1. The molecule has 0 radical (unpaired) electrons. The van der Waals surface area contributed by atoms with E-state index in [0.29, 0.717) is 11.1 Å².